The molecule has 11 heteroatoms. The lowest BCUT2D eigenvalue weighted by Crippen LogP contribution is -2.01. The molecule has 0 bridgehead atoms. The van der Waals surface area contributed by atoms with E-state index in [1.165, 1.54) is 18.3 Å². The number of nitrogens with zero attached hydrogens (tertiary/aromatic N) is 4. The van der Waals surface area contributed by atoms with Crippen molar-refractivity contribution >= 4 is 46.5 Å². The van der Waals surface area contributed by atoms with E-state index in [1.807, 2.05) is 30.5 Å². The summed E-state index contributed by atoms with van der Waals surface area (Å²) in [5, 5.41) is 27.1. The summed E-state index contributed by atoms with van der Waals surface area (Å²) in [7, 11) is 0. The highest BCUT2D eigenvalue weighted by Crippen LogP contribution is 2.30. The summed E-state index contributed by atoms with van der Waals surface area (Å²) >= 11 is 12.3. The van der Waals surface area contributed by atoms with E-state index in [0.717, 1.165) is 28.7 Å². The second-order valence-electron chi connectivity index (χ2n) is 6.34. The third-order valence-corrected chi connectivity index (χ3v) is 4.94. The van der Waals surface area contributed by atoms with Crippen molar-refractivity contribution in [3.63, 3.8) is 0 Å². The number of nitro benzene ring substituents is 2. The van der Waals surface area contributed by atoms with Crippen molar-refractivity contribution in [2.45, 2.75) is 13.8 Å². The molecule has 0 atom stereocenters. The Bertz CT molecular complexity index is 1190. The fourth-order valence-corrected chi connectivity index (χ4v) is 3.50. The molecule has 0 saturated heterocycles. The largest absolute Gasteiger partial charge is 0.316 e. The van der Waals surface area contributed by atoms with Crippen molar-refractivity contribution in [1.82, 2.24) is 4.57 Å². The highest BCUT2D eigenvalue weighted by atomic mass is 35.5. The molecule has 3 aromatic rings. The van der Waals surface area contributed by atoms with E-state index in [-0.39, 0.29) is 11.4 Å². The fraction of sp³-hybridized carbons (Fsp3) is 0.105. The molecule has 3 rings (SSSR count). The summed E-state index contributed by atoms with van der Waals surface area (Å²) in [6.07, 6.45) is 1.51. The van der Waals surface area contributed by atoms with E-state index in [9.17, 15) is 20.2 Å². The molecule has 0 saturated carbocycles. The van der Waals surface area contributed by atoms with Crippen molar-refractivity contribution in [3.05, 3.63) is 89.7 Å². The first-order chi connectivity index (χ1) is 14.2. The number of halogens is 2. The van der Waals surface area contributed by atoms with Crippen molar-refractivity contribution in [2.75, 3.05) is 5.43 Å². The van der Waals surface area contributed by atoms with E-state index in [4.69, 9.17) is 23.2 Å². The van der Waals surface area contributed by atoms with Gasteiger partial charge in [-0.1, -0.05) is 23.2 Å². The molecule has 154 valence electrons. The van der Waals surface area contributed by atoms with Gasteiger partial charge < -0.3 is 4.57 Å². The first kappa shape index (κ1) is 21.3. The van der Waals surface area contributed by atoms with Crippen LogP contribution in [-0.2, 0) is 0 Å². The predicted octanol–water partition coefficient (Wildman–Crippen LogP) is 5.66. The van der Waals surface area contributed by atoms with Crippen molar-refractivity contribution in [1.29, 1.82) is 0 Å². The number of nitro groups is 2. The standard InChI is InChI=1S/C19H15Cl2N5O4/c1-11-7-13(12(2)24(11)18-6-3-14(20)8-16(18)21)10-22-23-17-5-4-15(25(27)28)9-19(17)26(29)30/h3-10,23H,1-2H3/b22-10-. The third-order valence-electron chi connectivity index (χ3n) is 4.40. The molecule has 0 amide bonds. The smallest absolute Gasteiger partial charge is 0.301 e. The number of aromatic nitrogens is 1. The Hall–Kier alpha value is -3.43. The maximum absolute atomic E-state index is 11.2. The Morgan fingerprint density at radius 2 is 1.77 bits per heavy atom. The zero-order valence-corrected chi connectivity index (χ0v) is 17.3. The van der Waals surface area contributed by atoms with Crippen LogP contribution in [0.25, 0.3) is 5.69 Å². The molecule has 0 aliphatic rings. The molecule has 0 radical (unpaired) electrons. The fourth-order valence-electron chi connectivity index (χ4n) is 3.00. The second-order valence-corrected chi connectivity index (χ2v) is 7.19. The van der Waals surface area contributed by atoms with Crippen LogP contribution in [0.2, 0.25) is 10.0 Å². The van der Waals surface area contributed by atoms with Crippen molar-refractivity contribution in [3.8, 4) is 5.69 Å². The lowest BCUT2D eigenvalue weighted by molar-refractivity contribution is -0.393. The summed E-state index contributed by atoms with van der Waals surface area (Å²) in [6, 6.07) is 10.4. The van der Waals surface area contributed by atoms with Crippen LogP contribution in [0.15, 0.2) is 47.6 Å². The lowest BCUT2D eigenvalue weighted by Gasteiger charge is -2.11. The van der Waals surface area contributed by atoms with Crippen LogP contribution >= 0.6 is 23.2 Å². The molecule has 30 heavy (non-hydrogen) atoms. The van der Waals surface area contributed by atoms with E-state index in [1.54, 1.807) is 12.1 Å². The molecular weight excluding hydrogens is 433 g/mol. The van der Waals surface area contributed by atoms with Gasteiger partial charge in [-0.05, 0) is 44.2 Å². The molecule has 1 N–H and O–H groups in total. The first-order valence-electron chi connectivity index (χ1n) is 8.55. The Labute approximate surface area is 180 Å². The summed E-state index contributed by atoms with van der Waals surface area (Å²) in [5.41, 5.74) is 5.06. The van der Waals surface area contributed by atoms with Gasteiger partial charge in [0.2, 0.25) is 0 Å². The Morgan fingerprint density at radius 3 is 2.40 bits per heavy atom. The van der Waals surface area contributed by atoms with Gasteiger partial charge in [0, 0.05) is 28.0 Å². The SMILES string of the molecule is Cc1cc(/C=N\Nc2ccc([N+](=O)[O-])cc2[N+](=O)[O-])c(C)n1-c1ccc(Cl)cc1Cl. The van der Waals surface area contributed by atoms with E-state index in [0.29, 0.717) is 10.0 Å². The minimum atomic E-state index is -0.709. The maximum Gasteiger partial charge on any atom is 0.301 e. The van der Waals surface area contributed by atoms with Crippen LogP contribution in [0.4, 0.5) is 17.1 Å². The predicted molar refractivity (Wildman–Crippen MR) is 116 cm³/mol. The lowest BCUT2D eigenvalue weighted by atomic mass is 10.2. The molecule has 1 aromatic heterocycles. The van der Waals surface area contributed by atoms with Crippen LogP contribution in [0.5, 0.6) is 0 Å². The quantitative estimate of drug-likeness (QED) is 0.297. The number of rotatable bonds is 6. The van der Waals surface area contributed by atoms with Gasteiger partial charge in [0.05, 0.1) is 32.8 Å². The number of benzene rings is 2. The Kier molecular flexibility index (Phi) is 6.04. The number of hydrazone groups is 1. The monoisotopic (exact) mass is 447 g/mol. The number of hydrogen-bond acceptors (Lipinski definition) is 6. The Balaban J connectivity index is 1.90. The van der Waals surface area contributed by atoms with E-state index < -0.39 is 15.5 Å². The maximum atomic E-state index is 11.2. The molecule has 0 aliphatic heterocycles. The van der Waals surface area contributed by atoms with Gasteiger partial charge in [0.15, 0.2) is 0 Å². The topological polar surface area (TPSA) is 116 Å². The second kappa shape index (κ2) is 8.52. The highest BCUT2D eigenvalue weighted by molar-refractivity contribution is 6.35. The molecule has 0 fully saturated rings. The normalized spacial score (nSPS) is 11.1. The van der Waals surface area contributed by atoms with Crippen molar-refractivity contribution in [2.24, 2.45) is 5.10 Å². The van der Waals surface area contributed by atoms with E-state index >= 15 is 0 Å². The summed E-state index contributed by atoms with van der Waals surface area (Å²) in [4.78, 5) is 20.6. The Morgan fingerprint density at radius 1 is 1.03 bits per heavy atom. The molecule has 0 spiro atoms. The molecule has 1 heterocycles. The third kappa shape index (κ3) is 4.27. The van der Waals surface area contributed by atoms with Gasteiger partial charge in [0.1, 0.15) is 5.69 Å². The van der Waals surface area contributed by atoms with Crippen LogP contribution in [-0.4, -0.2) is 20.6 Å². The van der Waals surface area contributed by atoms with Gasteiger partial charge >= 0.3 is 5.69 Å². The van der Waals surface area contributed by atoms with Gasteiger partial charge in [-0.2, -0.15) is 5.10 Å². The van der Waals surface area contributed by atoms with Crippen LogP contribution in [0.1, 0.15) is 17.0 Å². The molecule has 0 aliphatic carbocycles. The number of nitrogens with one attached hydrogen (secondary N) is 1. The molecule has 2 aromatic carbocycles. The molecule has 9 nitrogen and oxygen atoms in total. The molecule has 0 unspecified atom stereocenters. The van der Waals surface area contributed by atoms with Crippen LogP contribution in [0, 0.1) is 34.1 Å². The summed E-state index contributed by atoms with van der Waals surface area (Å²) < 4.78 is 1.94. The van der Waals surface area contributed by atoms with Crippen LogP contribution < -0.4 is 5.43 Å². The molecular formula is C19H15Cl2N5O4. The van der Waals surface area contributed by atoms with Gasteiger partial charge in [0.25, 0.3) is 5.69 Å². The van der Waals surface area contributed by atoms with E-state index in [2.05, 4.69) is 10.5 Å². The minimum Gasteiger partial charge on any atom is -0.316 e. The highest BCUT2D eigenvalue weighted by Gasteiger charge is 2.19. The zero-order valence-electron chi connectivity index (χ0n) is 15.8. The number of hydrogen-bond donors (Lipinski definition) is 1. The summed E-state index contributed by atoms with van der Waals surface area (Å²) in [5.74, 6) is 0. The number of non-ortho nitro benzene ring substituents is 1. The summed E-state index contributed by atoms with van der Waals surface area (Å²) in [6.45, 7) is 3.79. The number of anilines is 1. The zero-order chi connectivity index (χ0) is 22.0. The van der Waals surface area contributed by atoms with Gasteiger partial charge in [-0.3, -0.25) is 25.7 Å². The average molecular weight is 448 g/mol. The first-order valence-corrected chi connectivity index (χ1v) is 9.31. The minimum absolute atomic E-state index is 0.0383. The van der Waals surface area contributed by atoms with Gasteiger partial charge in [-0.15, -0.1) is 0 Å². The van der Waals surface area contributed by atoms with Gasteiger partial charge in [-0.25, -0.2) is 0 Å². The number of aryl methyl sites for hydroxylation is 1. The van der Waals surface area contributed by atoms with Crippen LogP contribution in [0.3, 0.4) is 0 Å². The van der Waals surface area contributed by atoms with Crippen molar-refractivity contribution < 1.29 is 9.85 Å². The average Bonchev–Trinajstić information content (AvgIpc) is 2.95.